The number of carbonyl (C=O) groups excluding carboxylic acids is 1. The second kappa shape index (κ2) is 8.40. The van der Waals surface area contributed by atoms with Crippen LogP contribution in [0.25, 0.3) is 22.2 Å². The van der Waals surface area contributed by atoms with Crippen LogP contribution in [-0.2, 0) is 0 Å². The molecular formula is C23H25N3O2. The average Bonchev–Trinajstić information content (AvgIpc) is 3.26. The van der Waals surface area contributed by atoms with Gasteiger partial charge in [0.15, 0.2) is 0 Å². The molecule has 1 amide bonds. The number of nitrogens with zero attached hydrogens (tertiary/aromatic N) is 2. The van der Waals surface area contributed by atoms with Gasteiger partial charge in [0.05, 0.1) is 23.9 Å². The number of aromatic nitrogens is 1. The lowest BCUT2D eigenvalue weighted by Gasteiger charge is -2.15. The molecule has 1 N–H and O–H groups in total. The molecule has 144 valence electrons. The quantitative estimate of drug-likeness (QED) is 0.713. The van der Waals surface area contributed by atoms with Crippen molar-refractivity contribution in [2.75, 3.05) is 33.3 Å². The molecule has 1 fully saturated rings. The molecule has 28 heavy (non-hydrogen) atoms. The zero-order valence-corrected chi connectivity index (χ0v) is 16.1. The van der Waals surface area contributed by atoms with Crippen molar-refractivity contribution in [3.8, 4) is 17.0 Å². The summed E-state index contributed by atoms with van der Waals surface area (Å²) < 4.78 is 5.24. The van der Waals surface area contributed by atoms with Gasteiger partial charge in [0, 0.05) is 24.0 Å². The van der Waals surface area contributed by atoms with Crippen molar-refractivity contribution in [3.63, 3.8) is 0 Å². The second-order valence-electron chi connectivity index (χ2n) is 7.11. The summed E-state index contributed by atoms with van der Waals surface area (Å²) in [6, 6.07) is 17.4. The minimum absolute atomic E-state index is 0.0486. The number of hydrogen-bond acceptors (Lipinski definition) is 4. The minimum atomic E-state index is -0.0486. The van der Waals surface area contributed by atoms with E-state index in [9.17, 15) is 4.79 Å². The number of amides is 1. The summed E-state index contributed by atoms with van der Waals surface area (Å²) in [6.45, 7) is 3.83. The van der Waals surface area contributed by atoms with Crippen LogP contribution in [0.1, 0.15) is 23.2 Å². The highest BCUT2D eigenvalue weighted by Gasteiger charge is 2.15. The van der Waals surface area contributed by atoms with Crippen LogP contribution in [0.2, 0.25) is 0 Å². The van der Waals surface area contributed by atoms with Crippen LogP contribution in [0, 0.1) is 0 Å². The number of para-hydroxylation sites is 1. The maximum atomic E-state index is 12.9. The third kappa shape index (κ3) is 3.99. The highest BCUT2D eigenvalue weighted by molar-refractivity contribution is 6.07. The zero-order chi connectivity index (χ0) is 19.3. The van der Waals surface area contributed by atoms with Crippen LogP contribution in [0.3, 0.4) is 0 Å². The number of rotatable bonds is 6. The Morgan fingerprint density at radius 1 is 1.11 bits per heavy atom. The molecular weight excluding hydrogens is 350 g/mol. The van der Waals surface area contributed by atoms with Gasteiger partial charge in [-0.25, -0.2) is 4.98 Å². The van der Waals surface area contributed by atoms with Gasteiger partial charge in [0.25, 0.3) is 5.91 Å². The molecule has 0 bridgehead atoms. The molecule has 0 aliphatic carbocycles. The van der Waals surface area contributed by atoms with E-state index in [1.165, 1.54) is 12.8 Å². The van der Waals surface area contributed by atoms with Crippen LogP contribution < -0.4 is 10.1 Å². The average molecular weight is 375 g/mol. The maximum Gasteiger partial charge on any atom is 0.252 e. The maximum absolute atomic E-state index is 12.9. The van der Waals surface area contributed by atoms with Crippen molar-refractivity contribution in [1.29, 1.82) is 0 Å². The Balaban J connectivity index is 1.60. The standard InChI is InChI=1S/C23H25N3O2/c1-28-18-10-8-17(9-11-18)22-16-20(19-6-2-3-7-21(19)25-22)23(27)24-12-15-26-13-4-5-14-26/h2-3,6-11,16H,4-5,12-15H2,1H3,(H,24,27). The monoisotopic (exact) mass is 375 g/mol. The van der Waals surface area contributed by atoms with Crippen molar-refractivity contribution >= 4 is 16.8 Å². The summed E-state index contributed by atoms with van der Waals surface area (Å²) in [6.07, 6.45) is 2.52. The Labute approximate surface area is 165 Å². The molecule has 5 heteroatoms. The molecule has 2 aromatic carbocycles. The van der Waals surface area contributed by atoms with Gasteiger partial charge in [0.2, 0.25) is 0 Å². The van der Waals surface area contributed by atoms with Crippen molar-refractivity contribution < 1.29 is 9.53 Å². The number of likely N-dealkylation sites (tertiary alicyclic amines) is 1. The SMILES string of the molecule is COc1ccc(-c2cc(C(=O)NCCN3CCCC3)c3ccccc3n2)cc1. The van der Waals surface area contributed by atoms with Gasteiger partial charge < -0.3 is 15.0 Å². The van der Waals surface area contributed by atoms with E-state index < -0.39 is 0 Å². The van der Waals surface area contributed by atoms with Gasteiger partial charge in [-0.05, 0) is 62.3 Å². The van der Waals surface area contributed by atoms with Gasteiger partial charge in [-0.15, -0.1) is 0 Å². The molecule has 0 saturated carbocycles. The van der Waals surface area contributed by atoms with Crippen LogP contribution in [0.4, 0.5) is 0 Å². The molecule has 0 unspecified atom stereocenters. The Hall–Kier alpha value is -2.92. The molecule has 1 saturated heterocycles. The van der Waals surface area contributed by atoms with E-state index in [0.29, 0.717) is 12.1 Å². The minimum Gasteiger partial charge on any atom is -0.497 e. The van der Waals surface area contributed by atoms with Crippen molar-refractivity contribution in [2.24, 2.45) is 0 Å². The van der Waals surface area contributed by atoms with Crippen molar-refractivity contribution in [2.45, 2.75) is 12.8 Å². The number of carbonyl (C=O) groups is 1. The smallest absolute Gasteiger partial charge is 0.252 e. The number of fused-ring (bicyclic) bond motifs is 1. The molecule has 5 nitrogen and oxygen atoms in total. The molecule has 1 aliphatic heterocycles. The zero-order valence-electron chi connectivity index (χ0n) is 16.1. The van der Waals surface area contributed by atoms with Gasteiger partial charge in [-0.3, -0.25) is 4.79 Å². The summed E-state index contributed by atoms with van der Waals surface area (Å²) in [5.74, 6) is 0.747. The van der Waals surface area contributed by atoms with Crippen LogP contribution in [0.5, 0.6) is 5.75 Å². The lowest BCUT2D eigenvalue weighted by atomic mass is 10.0. The third-order valence-corrected chi connectivity index (χ3v) is 5.26. The lowest BCUT2D eigenvalue weighted by Crippen LogP contribution is -2.33. The topological polar surface area (TPSA) is 54.5 Å². The number of ether oxygens (including phenoxy) is 1. The molecule has 4 rings (SSSR count). The Kier molecular flexibility index (Phi) is 5.53. The first-order valence-electron chi connectivity index (χ1n) is 9.79. The lowest BCUT2D eigenvalue weighted by molar-refractivity contribution is 0.0951. The predicted molar refractivity (Wildman–Crippen MR) is 112 cm³/mol. The summed E-state index contributed by atoms with van der Waals surface area (Å²) in [5, 5.41) is 3.96. The summed E-state index contributed by atoms with van der Waals surface area (Å²) in [4.78, 5) is 20.1. The molecule has 3 aromatic rings. The summed E-state index contributed by atoms with van der Waals surface area (Å²) in [7, 11) is 1.65. The number of pyridine rings is 1. The molecule has 1 aliphatic rings. The first kappa shape index (κ1) is 18.4. The second-order valence-corrected chi connectivity index (χ2v) is 7.11. The largest absolute Gasteiger partial charge is 0.497 e. The Morgan fingerprint density at radius 2 is 1.86 bits per heavy atom. The van der Waals surface area contributed by atoms with E-state index in [1.54, 1.807) is 7.11 Å². The first-order valence-corrected chi connectivity index (χ1v) is 9.79. The summed E-state index contributed by atoms with van der Waals surface area (Å²) in [5.41, 5.74) is 3.22. The molecule has 0 spiro atoms. The number of benzene rings is 2. The van der Waals surface area contributed by atoms with Crippen LogP contribution in [-0.4, -0.2) is 49.1 Å². The van der Waals surface area contributed by atoms with Gasteiger partial charge >= 0.3 is 0 Å². The highest BCUT2D eigenvalue weighted by Crippen LogP contribution is 2.26. The Morgan fingerprint density at radius 3 is 2.61 bits per heavy atom. The highest BCUT2D eigenvalue weighted by atomic mass is 16.5. The van der Waals surface area contributed by atoms with Gasteiger partial charge in [0.1, 0.15) is 5.75 Å². The third-order valence-electron chi connectivity index (χ3n) is 5.26. The van der Waals surface area contributed by atoms with E-state index in [1.807, 2.05) is 54.6 Å². The van der Waals surface area contributed by atoms with E-state index in [0.717, 1.165) is 47.5 Å². The fraction of sp³-hybridized carbons (Fsp3) is 0.304. The number of hydrogen-bond donors (Lipinski definition) is 1. The van der Waals surface area contributed by atoms with Crippen LogP contribution in [0.15, 0.2) is 54.6 Å². The number of methoxy groups -OCH3 is 1. The van der Waals surface area contributed by atoms with Gasteiger partial charge in [-0.2, -0.15) is 0 Å². The molecule has 0 radical (unpaired) electrons. The molecule has 0 atom stereocenters. The van der Waals surface area contributed by atoms with Crippen LogP contribution >= 0.6 is 0 Å². The predicted octanol–water partition coefficient (Wildman–Crippen LogP) is 3.74. The first-order chi connectivity index (χ1) is 13.7. The normalized spacial score (nSPS) is 14.3. The Bertz CT molecular complexity index is 963. The summed E-state index contributed by atoms with van der Waals surface area (Å²) >= 11 is 0. The van der Waals surface area contributed by atoms with Crippen molar-refractivity contribution in [3.05, 3.63) is 60.2 Å². The number of nitrogens with one attached hydrogen (secondary N) is 1. The fourth-order valence-electron chi connectivity index (χ4n) is 3.70. The van der Waals surface area contributed by atoms with Crippen molar-refractivity contribution in [1.82, 2.24) is 15.2 Å². The van der Waals surface area contributed by atoms with Gasteiger partial charge in [-0.1, -0.05) is 18.2 Å². The van der Waals surface area contributed by atoms with E-state index in [-0.39, 0.29) is 5.91 Å². The van der Waals surface area contributed by atoms with E-state index in [2.05, 4.69) is 10.2 Å². The molecule has 2 heterocycles. The fourth-order valence-corrected chi connectivity index (χ4v) is 3.70. The van der Waals surface area contributed by atoms with E-state index in [4.69, 9.17) is 9.72 Å². The van der Waals surface area contributed by atoms with E-state index >= 15 is 0 Å². The molecule has 1 aromatic heterocycles.